The van der Waals surface area contributed by atoms with Gasteiger partial charge in [-0.1, -0.05) is 24.3 Å². The van der Waals surface area contributed by atoms with Crippen LogP contribution in [0.25, 0.3) is 32.1 Å². The Morgan fingerprint density at radius 2 is 1.81 bits per heavy atom. The third kappa shape index (κ3) is 3.31. The minimum absolute atomic E-state index is 0.0868. The van der Waals surface area contributed by atoms with E-state index in [0.29, 0.717) is 30.5 Å². The van der Waals surface area contributed by atoms with Crippen molar-refractivity contribution >= 4 is 38.6 Å². The molecule has 6 rings (SSSR count). The molecule has 6 nitrogen and oxygen atoms in total. The van der Waals surface area contributed by atoms with Gasteiger partial charge in [-0.15, -0.1) is 11.3 Å². The maximum atomic E-state index is 13.1. The van der Waals surface area contributed by atoms with E-state index >= 15 is 0 Å². The second kappa shape index (κ2) is 7.35. The highest BCUT2D eigenvalue weighted by Crippen LogP contribution is 2.33. The summed E-state index contributed by atoms with van der Waals surface area (Å²) in [5.74, 6) is 1.65. The Hall–Kier alpha value is -3.45. The smallest absolute Gasteiger partial charge is 0.289 e. The summed E-state index contributed by atoms with van der Waals surface area (Å²) in [6.45, 7) is 1.27. The number of carbonyl (C=O) groups excluding carboxylic acids is 1. The summed E-state index contributed by atoms with van der Waals surface area (Å²) in [6.07, 6.45) is 1.85. The van der Waals surface area contributed by atoms with E-state index in [1.165, 1.54) is 0 Å². The van der Waals surface area contributed by atoms with E-state index in [9.17, 15) is 4.79 Å². The molecular formula is C24H19N3O3S. The molecule has 1 unspecified atom stereocenters. The third-order valence-corrected chi connectivity index (χ3v) is 6.74. The highest BCUT2D eigenvalue weighted by atomic mass is 32.1. The maximum Gasteiger partial charge on any atom is 0.289 e. The highest BCUT2D eigenvalue weighted by Gasteiger charge is 2.30. The lowest BCUT2D eigenvalue weighted by molar-refractivity contribution is 0.0667. The fourth-order valence-corrected chi connectivity index (χ4v) is 5.06. The predicted octanol–water partition coefficient (Wildman–Crippen LogP) is 5.72. The Bertz CT molecular complexity index is 1330. The van der Waals surface area contributed by atoms with Crippen molar-refractivity contribution in [3.8, 4) is 10.8 Å². The van der Waals surface area contributed by atoms with Crippen molar-refractivity contribution in [2.75, 3.05) is 13.1 Å². The number of nitrogens with zero attached hydrogens (tertiary/aromatic N) is 3. The normalized spacial score (nSPS) is 16.9. The third-order valence-electron chi connectivity index (χ3n) is 5.69. The van der Waals surface area contributed by atoms with E-state index in [1.54, 1.807) is 17.4 Å². The van der Waals surface area contributed by atoms with Crippen LogP contribution >= 0.6 is 11.3 Å². The van der Waals surface area contributed by atoms with Crippen LogP contribution in [0.5, 0.6) is 0 Å². The molecule has 5 aromatic rings. The average molecular weight is 430 g/mol. The Labute approximate surface area is 182 Å². The van der Waals surface area contributed by atoms with Gasteiger partial charge in [-0.25, -0.2) is 9.97 Å². The molecule has 1 amide bonds. The largest absolute Gasteiger partial charge is 0.448 e. The van der Waals surface area contributed by atoms with Gasteiger partial charge >= 0.3 is 0 Å². The Kier molecular flexibility index (Phi) is 4.35. The number of carbonyl (C=O) groups is 1. The second-order valence-corrected chi connectivity index (χ2v) is 8.79. The summed E-state index contributed by atoms with van der Waals surface area (Å²) >= 11 is 1.56. The molecule has 154 valence electrons. The first kappa shape index (κ1) is 18.3. The van der Waals surface area contributed by atoms with Gasteiger partial charge in [-0.3, -0.25) is 4.79 Å². The van der Waals surface area contributed by atoms with E-state index in [2.05, 4.69) is 9.97 Å². The lowest BCUT2D eigenvalue weighted by Crippen LogP contribution is -2.39. The van der Waals surface area contributed by atoms with Gasteiger partial charge in [-0.05, 0) is 49.2 Å². The van der Waals surface area contributed by atoms with Crippen molar-refractivity contribution in [1.29, 1.82) is 0 Å². The topological polar surface area (TPSA) is 72.4 Å². The minimum Gasteiger partial charge on any atom is -0.448 e. The zero-order valence-electron chi connectivity index (χ0n) is 16.7. The van der Waals surface area contributed by atoms with Crippen LogP contribution in [0.1, 0.15) is 35.2 Å². The number of aromatic nitrogens is 2. The molecule has 1 aliphatic rings. The van der Waals surface area contributed by atoms with Crippen molar-refractivity contribution in [1.82, 2.24) is 14.9 Å². The number of furan rings is 1. The molecule has 0 spiro atoms. The van der Waals surface area contributed by atoms with Gasteiger partial charge in [0.05, 0.1) is 16.1 Å². The van der Waals surface area contributed by atoms with Crippen LogP contribution in [0, 0.1) is 0 Å². The quantitative estimate of drug-likeness (QED) is 0.367. The van der Waals surface area contributed by atoms with E-state index in [0.717, 1.165) is 39.2 Å². The predicted molar refractivity (Wildman–Crippen MR) is 119 cm³/mol. The van der Waals surface area contributed by atoms with Gasteiger partial charge < -0.3 is 13.7 Å². The molecule has 0 aliphatic carbocycles. The fraction of sp³-hybridized carbons (Fsp3) is 0.208. The van der Waals surface area contributed by atoms with Crippen LogP contribution in [0.2, 0.25) is 0 Å². The van der Waals surface area contributed by atoms with Crippen molar-refractivity contribution in [2.24, 2.45) is 0 Å². The fourth-order valence-electron chi connectivity index (χ4n) is 4.13. The number of likely N-dealkylation sites (tertiary alicyclic amines) is 1. The van der Waals surface area contributed by atoms with E-state index in [-0.39, 0.29) is 11.8 Å². The number of rotatable bonds is 3. The highest BCUT2D eigenvalue weighted by molar-refractivity contribution is 7.21. The molecule has 1 saturated heterocycles. The molecule has 1 aliphatic heterocycles. The summed E-state index contributed by atoms with van der Waals surface area (Å²) < 4.78 is 13.0. The summed E-state index contributed by atoms with van der Waals surface area (Å²) in [5.41, 5.74) is 2.57. The molecule has 0 radical (unpaired) electrons. The number of para-hydroxylation sites is 3. The SMILES string of the molecule is O=C(c1ccc(-c2nc3ccccc3s2)o1)N1CCCC(c2nc3ccccc3o2)C1. The summed E-state index contributed by atoms with van der Waals surface area (Å²) in [6, 6.07) is 19.3. The van der Waals surface area contributed by atoms with Crippen molar-refractivity contribution in [3.63, 3.8) is 0 Å². The Morgan fingerprint density at radius 1 is 0.968 bits per heavy atom. The van der Waals surface area contributed by atoms with Crippen molar-refractivity contribution in [3.05, 3.63) is 72.3 Å². The molecule has 3 aromatic heterocycles. The van der Waals surface area contributed by atoms with Gasteiger partial charge in [0.2, 0.25) is 0 Å². The average Bonchev–Trinajstić information content (AvgIpc) is 3.56. The molecule has 7 heteroatoms. The summed E-state index contributed by atoms with van der Waals surface area (Å²) in [4.78, 5) is 24.2. The van der Waals surface area contributed by atoms with Crippen molar-refractivity contribution in [2.45, 2.75) is 18.8 Å². The van der Waals surface area contributed by atoms with E-state index in [4.69, 9.17) is 8.83 Å². The van der Waals surface area contributed by atoms with Crippen LogP contribution in [-0.4, -0.2) is 33.9 Å². The first-order chi connectivity index (χ1) is 15.2. The number of thiazole rings is 1. The maximum absolute atomic E-state index is 13.1. The molecule has 0 saturated carbocycles. The Balaban J connectivity index is 1.22. The van der Waals surface area contributed by atoms with Crippen molar-refractivity contribution < 1.29 is 13.6 Å². The minimum atomic E-state index is -0.104. The molecular weight excluding hydrogens is 410 g/mol. The summed E-state index contributed by atoms with van der Waals surface area (Å²) in [5, 5.41) is 0.781. The lowest BCUT2D eigenvalue weighted by Gasteiger charge is -2.30. The van der Waals surface area contributed by atoms with Gasteiger partial charge in [-0.2, -0.15) is 0 Å². The standard InChI is InChI=1S/C24H19N3O3S/c28-24(20-12-11-19(29-20)23-26-17-8-2-4-10-21(17)31-23)27-13-5-6-15(14-27)22-25-16-7-1-3-9-18(16)30-22/h1-4,7-12,15H,5-6,13-14H2. The van der Waals surface area contributed by atoms with Crippen LogP contribution < -0.4 is 0 Å². The molecule has 31 heavy (non-hydrogen) atoms. The number of hydrogen-bond acceptors (Lipinski definition) is 6. The number of piperidine rings is 1. The van der Waals surface area contributed by atoms with Crippen LogP contribution in [-0.2, 0) is 0 Å². The lowest BCUT2D eigenvalue weighted by atomic mass is 9.98. The second-order valence-electron chi connectivity index (χ2n) is 7.76. The zero-order chi connectivity index (χ0) is 20.8. The molecule has 0 N–H and O–H groups in total. The first-order valence-electron chi connectivity index (χ1n) is 10.3. The van der Waals surface area contributed by atoms with Crippen LogP contribution in [0.4, 0.5) is 0 Å². The summed E-state index contributed by atoms with van der Waals surface area (Å²) in [7, 11) is 0. The van der Waals surface area contributed by atoms with Gasteiger partial charge in [0, 0.05) is 13.1 Å². The molecule has 2 aromatic carbocycles. The van der Waals surface area contributed by atoms with E-state index < -0.39 is 0 Å². The molecule has 1 atom stereocenters. The number of oxazole rings is 1. The van der Waals surface area contributed by atoms with E-state index in [1.807, 2.05) is 59.5 Å². The van der Waals surface area contributed by atoms with Crippen LogP contribution in [0.15, 0.2) is 69.5 Å². The molecule has 4 heterocycles. The number of hydrogen-bond donors (Lipinski definition) is 0. The zero-order valence-corrected chi connectivity index (χ0v) is 17.5. The van der Waals surface area contributed by atoms with Gasteiger partial charge in [0.25, 0.3) is 5.91 Å². The monoisotopic (exact) mass is 429 g/mol. The molecule has 0 bridgehead atoms. The number of fused-ring (bicyclic) bond motifs is 2. The van der Waals surface area contributed by atoms with Crippen LogP contribution in [0.3, 0.4) is 0 Å². The number of amides is 1. The molecule has 1 fully saturated rings. The first-order valence-corrected chi connectivity index (χ1v) is 11.2. The number of benzene rings is 2. The van der Waals surface area contributed by atoms with Gasteiger partial charge in [0.15, 0.2) is 28.0 Å². The Morgan fingerprint density at radius 3 is 2.68 bits per heavy atom. The van der Waals surface area contributed by atoms with Gasteiger partial charge in [0.1, 0.15) is 5.52 Å².